The van der Waals surface area contributed by atoms with Crippen LogP contribution in [0.15, 0.2) is 11.6 Å². The second kappa shape index (κ2) is 1.69. The molecule has 4 unspecified atom stereocenters. The first-order valence-corrected chi connectivity index (χ1v) is 4.98. The maximum Gasteiger partial charge on any atom is 0.0666 e. The largest absolute Gasteiger partial charge is 0.114 e. The topological polar surface area (TPSA) is 0 Å². The number of fused-ring (bicyclic) bond motifs is 1. The molecule has 0 heterocycles. The Bertz CT molecular complexity index is 243. The Morgan fingerprint density at radius 1 is 1.55 bits per heavy atom. The third kappa shape index (κ3) is 0.630. The number of rotatable bonds is 0. The number of halogens is 1. The normalized spacial score (nSPS) is 58.7. The molecule has 3 fully saturated rings. The van der Waals surface area contributed by atoms with Crippen molar-refractivity contribution in [2.75, 3.05) is 0 Å². The Balaban J connectivity index is 2.09. The highest BCUT2D eigenvalue weighted by Crippen LogP contribution is 2.63. The van der Waals surface area contributed by atoms with Crippen molar-refractivity contribution in [1.82, 2.24) is 0 Å². The molecule has 0 aromatic rings. The highest BCUT2D eigenvalue weighted by molar-refractivity contribution is 6.27. The first-order chi connectivity index (χ1) is 5.19. The number of allylic oxidation sites excluding steroid dienone is 2. The predicted molar refractivity (Wildman–Crippen MR) is 46.7 cm³/mol. The summed E-state index contributed by atoms with van der Waals surface area (Å²) >= 11 is 6.43. The highest BCUT2D eigenvalue weighted by atomic mass is 35.5. The molecule has 0 aliphatic heterocycles. The Labute approximate surface area is 72.6 Å². The second-order valence-electron chi connectivity index (χ2n) is 4.55. The lowest BCUT2D eigenvalue weighted by atomic mass is 9.51. The minimum atomic E-state index is 0.153. The van der Waals surface area contributed by atoms with E-state index in [0.717, 1.165) is 17.8 Å². The molecule has 0 aromatic carbocycles. The van der Waals surface area contributed by atoms with E-state index in [9.17, 15) is 0 Å². The summed E-state index contributed by atoms with van der Waals surface area (Å²) in [7, 11) is 0. The Morgan fingerprint density at radius 2 is 2.36 bits per heavy atom. The van der Waals surface area contributed by atoms with Gasteiger partial charge in [0.15, 0.2) is 0 Å². The van der Waals surface area contributed by atoms with Crippen molar-refractivity contribution in [3.05, 3.63) is 11.6 Å². The molecular formula is C10H13Cl. The zero-order valence-corrected chi connectivity index (χ0v) is 7.56. The van der Waals surface area contributed by atoms with Gasteiger partial charge in [-0.25, -0.2) is 0 Å². The van der Waals surface area contributed by atoms with Gasteiger partial charge in [0.1, 0.15) is 0 Å². The molecule has 4 atom stereocenters. The molecule has 0 N–H and O–H groups in total. The summed E-state index contributed by atoms with van der Waals surface area (Å²) in [4.78, 5) is 0.153. The molecule has 5 aliphatic carbocycles. The van der Waals surface area contributed by atoms with Crippen molar-refractivity contribution < 1.29 is 0 Å². The molecule has 4 bridgehead atoms. The predicted octanol–water partition coefficient (Wildman–Crippen LogP) is 2.97. The average molecular weight is 169 g/mol. The van der Waals surface area contributed by atoms with E-state index in [4.69, 9.17) is 11.6 Å². The van der Waals surface area contributed by atoms with Crippen LogP contribution in [-0.4, -0.2) is 4.87 Å². The van der Waals surface area contributed by atoms with Crippen molar-refractivity contribution in [1.29, 1.82) is 0 Å². The van der Waals surface area contributed by atoms with Crippen molar-refractivity contribution in [3.8, 4) is 0 Å². The van der Waals surface area contributed by atoms with E-state index in [2.05, 4.69) is 13.0 Å². The molecule has 0 radical (unpaired) electrons. The van der Waals surface area contributed by atoms with Crippen LogP contribution >= 0.6 is 11.6 Å². The lowest BCUT2D eigenvalue weighted by Gasteiger charge is -2.59. The summed E-state index contributed by atoms with van der Waals surface area (Å²) in [6.07, 6.45) is 6.40. The molecule has 11 heavy (non-hydrogen) atoms. The van der Waals surface area contributed by atoms with E-state index in [1.165, 1.54) is 19.3 Å². The van der Waals surface area contributed by atoms with Crippen LogP contribution in [0.2, 0.25) is 0 Å². The number of hydrogen-bond acceptors (Lipinski definition) is 0. The van der Waals surface area contributed by atoms with Crippen LogP contribution in [0.5, 0.6) is 0 Å². The van der Waals surface area contributed by atoms with Crippen molar-refractivity contribution in [3.63, 3.8) is 0 Å². The third-order valence-corrected chi connectivity index (χ3v) is 4.41. The summed E-state index contributed by atoms with van der Waals surface area (Å²) in [5.74, 6) is 2.61. The number of alkyl halides is 1. The fourth-order valence-corrected chi connectivity index (χ4v) is 3.84. The molecule has 60 valence electrons. The van der Waals surface area contributed by atoms with Gasteiger partial charge in [0.25, 0.3) is 0 Å². The van der Waals surface area contributed by atoms with Gasteiger partial charge in [-0.2, -0.15) is 0 Å². The zero-order valence-electron chi connectivity index (χ0n) is 6.81. The van der Waals surface area contributed by atoms with Gasteiger partial charge in [-0.1, -0.05) is 13.0 Å². The molecule has 5 aliphatic rings. The smallest absolute Gasteiger partial charge is 0.0666 e. The minimum Gasteiger partial charge on any atom is -0.114 e. The van der Waals surface area contributed by atoms with Gasteiger partial charge < -0.3 is 0 Å². The van der Waals surface area contributed by atoms with Crippen LogP contribution in [0.3, 0.4) is 0 Å². The fraction of sp³-hybridized carbons (Fsp3) is 0.800. The molecule has 0 aromatic heterocycles. The molecule has 0 spiro atoms. The Hall–Kier alpha value is 0.0300. The summed E-state index contributed by atoms with van der Waals surface area (Å²) < 4.78 is 0. The van der Waals surface area contributed by atoms with Crippen molar-refractivity contribution in [2.24, 2.45) is 17.8 Å². The number of hydrogen-bond donors (Lipinski definition) is 0. The standard InChI is InChI=1S/C10H13Cl/c1-6-2-9-8-3-7(6)4-10(9,11)5-8/h2,6-8H,3-5H2,1H3. The maximum atomic E-state index is 6.43. The van der Waals surface area contributed by atoms with E-state index >= 15 is 0 Å². The summed E-state index contributed by atoms with van der Waals surface area (Å²) in [5.41, 5.74) is 1.59. The summed E-state index contributed by atoms with van der Waals surface area (Å²) in [6.45, 7) is 2.34. The third-order valence-electron chi connectivity index (χ3n) is 3.89. The van der Waals surface area contributed by atoms with E-state index < -0.39 is 0 Å². The molecule has 3 saturated carbocycles. The van der Waals surface area contributed by atoms with E-state index in [1.807, 2.05) is 0 Å². The molecule has 0 amide bonds. The minimum absolute atomic E-state index is 0.153. The van der Waals surface area contributed by atoms with Crippen LogP contribution in [0.25, 0.3) is 0 Å². The van der Waals surface area contributed by atoms with Gasteiger partial charge in [-0.05, 0) is 42.6 Å². The molecule has 0 saturated heterocycles. The lowest BCUT2D eigenvalue weighted by molar-refractivity contribution is 0.119. The van der Waals surface area contributed by atoms with E-state index in [1.54, 1.807) is 5.57 Å². The average Bonchev–Trinajstić information content (AvgIpc) is 1.96. The van der Waals surface area contributed by atoms with Crippen molar-refractivity contribution >= 4 is 11.6 Å². The summed E-state index contributed by atoms with van der Waals surface area (Å²) in [5, 5.41) is 0. The van der Waals surface area contributed by atoms with Crippen LogP contribution in [0.4, 0.5) is 0 Å². The lowest BCUT2D eigenvalue weighted by Crippen LogP contribution is -2.53. The molecule has 0 nitrogen and oxygen atoms in total. The second-order valence-corrected chi connectivity index (χ2v) is 5.27. The quantitative estimate of drug-likeness (QED) is 0.386. The van der Waals surface area contributed by atoms with Crippen LogP contribution < -0.4 is 0 Å². The van der Waals surface area contributed by atoms with Gasteiger partial charge in [0, 0.05) is 0 Å². The van der Waals surface area contributed by atoms with Crippen LogP contribution in [0.1, 0.15) is 26.2 Å². The van der Waals surface area contributed by atoms with Gasteiger partial charge in [-0.15, -0.1) is 11.6 Å². The SMILES string of the molecule is CC1C=C2C3CC1CC2(Cl)C3. The highest BCUT2D eigenvalue weighted by Gasteiger charge is 2.56. The molecule has 1 heteroatoms. The van der Waals surface area contributed by atoms with Gasteiger partial charge in [0.2, 0.25) is 0 Å². The van der Waals surface area contributed by atoms with Crippen LogP contribution in [0, 0.1) is 17.8 Å². The Morgan fingerprint density at radius 3 is 2.82 bits per heavy atom. The van der Waals surface area contributed by atoms with E-state index in [0.29, 0.717) is 0 Å². The first kappa shape index (κ1) is 6.54. The molecule has 5 rings (SSSR count). The fourth-order valence-electron chi connectivity index (χ4n) is 3.23. The molecular weight excluding hydrogens is 156 g/mol. The van der Waals surface area contributed by atoms with Gasteiger partial charge >= 0.3 is 0 Å². The summed E-state index contributed by atoms with van der Waals surface area (Å²) in [6, 6.07) is 0. The monoisotopic (exact) mass is 168 g/mol. The Kier molecular flexibility index (Phi) is 1.00. The van der Waals surface area contributed by atoms with Crippen molar-refractivity contribution in [2.45, 2.75) is 31.1 Å². The van der Waals surface area contributed by atoms with Gasteiger partial charge in [-0.3, -0.25) is 0 Å². The van der Waals surface area contributed by atoms with E-state index in [-0.39, 0.29) is 4.87 Å². The van der Waals surface area contributed by atoms with Crippen LogP contribution in [-0.2, 0) is 0 Å². The zero-order chi connectivity index (χ0) is 7.64. The first-order valence-electron chi connectivity index (χ1n) is 4.60. The van der Waals surface area contributed by atoms with Gasteiger partial charge in [0.05, 0.1) is 4.87 Å². The maximum absolute atomic E-state index is 6.43.